The van der Waals surface area contributed by atoms with Crippen LogP contribution in [0.2, 0.25) is 0 Å². The normalized spacial score (nSPS) is 8.69. The summed E-state index contributed by atoms with van der Waals surface area (Å²) in [6.07, 6.45) is 0.670. The minimum absolute atomic E-state index is 0.153. The molecule has 66 valence electrons. The molecular formula is C11H10O2. The quantitative estimate of drug-likeness (QED) is 0.401. The smallest absolute Gasteiger partial charge is 0.235 e. The van der Waals surface area contributed by atoms with E-state index in [2.05, 4.69) is 11.8 Å². The van der Waals surface area contributed by atoms with E-state index in [1.807, 2.05) is 6.92 Å². The molecule has 0 amide bonds. The van der Waals surface area contributed by atoms with Crippen molar-refractivity contribution in [1.82, 2.24) is 0 Å². The lowest BCUT2D eigenvalue weighted by atomic mass is 10.1. The van der Waals surface area contributed by atoms with E-state index in [1.165, 1.54) is 12.1 Å². The average Bonchev–Trinajstić information content (AvgIpc) is 2.15. The number of rotatable bonds is 1. The van der Waals surface area contributed by atoms with E-state index in [-0.39, 0.29) is 11.5 Å². The van der Waals surface area contributed by atoms with Crippen LogP contribution in [0.15, 0.2) is 24.3 Å². The number of hydrogen-bond donors (Lipinski definition) is 1. The fraction of sp³-hybridized carbons (Fsp3) is 0.182. The molecule has 13 heavy (non-hydrogen) atoms. The maximum absolute atomic E-state index is 11.3. The summed E-state index contributed by atoms with van der Waals surface area (Å²) < 4.78 is 0. The summed E-state index contributed by atoms with van der Waals surface area (Å²) >= 11 is 0. The lowest BCUT2D eigenvalue weighted by Gasteiger charge is -1.93. The zero-order chi connectivity index (χ0) is 9.68. The van der Waals surface area contributed by atoms with Crippen LogP contribution in [0.1, 0.15) is 23.7 Å². The zero-order valence-electron chi connectivity index (χ0n) is 7.37. The van der Waals surface area contributed by atoms with Crippen molar-refractivity contribution < 1.29 is 9.90 Å². The zero-order valence-corrected chi connectivity index (χ0v) is 7.37. The summed E-state index contributed by atoms with van der Waals surface area (Å²) in [5, 5.41) is 8.97. The van der Waals surface area contributed by atoms with E-state index >= 15 is 0 Å². The Morgan fingerprint density at radius 1 is 1.38 bits per heavy atom. The van der Waals surface area contributed by atoms with Crippen LogP contribution in [0.25, 0.3) is 0 Å². The van der Waals surface area contributed by atoms with Gasteiger partial charge in [0.05, 0.1) is 0 Å². The molecule has 0 spiro atoms. The molecule has 2 heteroatoms. The van der Waals surface area contributed by atoms with Crippen LogP contribution in [0.4, 0.5) is 0 Å². The van der Waals surface area contributed by atoms with Crippen LogP contribution in [-0.2, 0) is 0 Å². The minimum atomic E-state index is -0.207. The van der Waals surface area contributed by atoms with Crippen molar-refractivity contribution in [1.29, 1.82) is 0 Å². The Balaban J connectivity index is 2.84. The molecule has 0 fully saturated rings. The monoisotopic (exact) mass is 174 g/mol. The number of hydrogen-bond acceptors (Lipinski definition) is 2. The summed E-state index contributed by atoms with van der Waals surface area (Å²) in [4.78, 5) is 11.3. The summed E-state index contributed by atoms with van der Waals surface area (Å²) in [7, 11) is 0. The Morgan fingerprint density at radius 2 is 2.00 bits per heavy atom. The summed E-state index contributed by atoms with van der Waals surface area (Å²) in [6.45, 7) is 1.89. The van der Waals surface area contributed by atoms with E-state index in [1.54, 1.807) is 12.1 Å². The van der Waals surface area contributed by atoms with E-state index < -0.39 is 0 Å². The molecule has 1 N–H and O–H groups in total. The molecule has 0 aliphatic heterocycles. The molecule has 0 atom stereocenters. The van der Waals surface area contributed by atoms with Gasteiger partial charge in [0, 0.05) is 12.0 Å². The first kappa shape index (κ1) is 9.34. The first-order valence-electron chi connectivity index (χ1n) is 4.06. The van der Waals surface area contributed by atoms with Crippen molar-refractivity contribution in [3.8, 4) is 17.6 Å². The van der Waals surface area contributed by atoms with Crippen LogP contribution >= 0.6 is 0 Å². The number of phenolic OH excluding ortho intramolecular Hbond substituents is 1. The molecule has 0 bridgehead atoms. The number of carbonyl (C=O) groups excluding carboxylic acids is 1. The fourth-order valence-electron chi connectivity index (χ4n) is 0.854. The highest BCUT2D eigenvalue weighted by molar-refractivity contribution is 6.08. The lowest BCUT2D eigenvalue weighted by Crippen LogP contribution is -1.93. The van der Waals surface area contributed by atoms with Gasteiger partial charge in [0.1, 0.15) is 5.75 Å². The molecule has 0 heterocycles. The highest BCUT2D eigenvalue weighted by Crippen LogP contribution is 2.09. The maximum Gasteiger partial charge on any atom is 0.235 e. The molecule has 0 aliphatic rings. The molecule has 2 nitrogen and oxygen atoms in total. The van der Waals surface area contributed by atoms with Crippen molar-refractivity contribution in [2.75, 3.05) is 0 Å². The highest BCUT2D eigenvalue weighted by Gasteiger charge is 2.00. The molecule has 0 unspecified atom stereocenters. The Bertz CT molecular complexity index is 352. The van der Waals surface area contributed by atoms with Gasteiger partial charge in [0.25, 0.3) is 0 Å². The molecule has 0 radical (unpaired) electrons. The van der Waals surface area contributed by atoms with E-state index in [0.717, 1.165) is 0 Å². The van der Waals surface area contributed by atoms with Gasteiger partial charge in [-0.05, 0) is 30.2 Å². The van der Waals surface area contributed by atoms with Gasteiger partial charge in [-0.3, -0.25) is 4.79 Å². The molecule has 1 aromatic carbocycles. The van der Waals surface area contributed by atoms with E-state index in [4.69, 9.17) is 5.11 Å². The Labute approximate surface area is 77.2 Å². The summed E-state index contributed by atoms with van der Waals surface area (Å²) in [6, 6.07) is 6.06. The van der Waals surface area contributed by atoms with Gasteiger partial charge >= 0.3 is 0 Å². The Kier molecular flexibility index (Phi) is 3.10. The number of phenols is 1. The lowest BCUT2D eigenvalue weighted by molar-refractivity contribution is 0.105. The highest BCUT2D eigenvalue weighted by atomic mass is 16.3. The molecule has 0 aliphatic carbocycles. The summed E-state index contributed by atoms with van der Waals surface area (Å²) in [5.41, 5.74) is 0.513. The first-order chi connectivity index (χ1) is 6.24. The van der Waals surface area contributed by atoms with Gasteiger partial charge in [0.15, 0.2) is 0 Å². The van der Waals surface area contributed by atoms with E-state index in [0.29, 0.717) is 12.0 Å². The Morgan fingerprint density at radius 3 is 2.54 bits per heavy atom. The van der Waals surface area contributed by atoms with Gasteiger partial charge in [-0.25, -0.2) is 0 Å². The molecular weight excluding hydrogens is 164 g/mol. The molecule has 0 aromatic heterocycles. The fourth-order valence-corrected chi connectivity index (χ4v) is 0.854. The predicted molar refractivity (Wildman–Crippen MR) is 50.5 cm³/mol. The third kappa shape index (κ3) is 2.64. The molecule has 0 saturated heterocycles. The van der Waals surface area contributed by atoms with Gasteiger partial charge < -0.3 is 5.11 Å². The van der Waals surface area contributed by atoms with Crippen molar-refractivity contribution in [3.05, 3.63) is 29.8 Å². The topological polar surface area (TPSA) is 37.3 Å². The van der Waals surface area contributed by atoms with Crippen molar-refractivity contribution in [3.63, 3.8) is 0 Å². The van der Waals surface area contributed by atoms with Gasteiger partial charge in [-0.2, -0.15) is 0 Å². The molecule has 1 aromatic rings. The number of benzene rings is 1. The number of aromatic hydroxyl groups is 1. The van der Waals surface area contributed by atoms with Crippen LogP contribution in [0.3, 0.4) is 0 Å². The van der Waals surface area contributed by atoms with Crippen molar-refractivity contribution in [2.45, 2.75) is 13.3 Å². The number of Topliss-reactive ketones (excluding diaryl/α,β-unsaturated/α-hetero) is 1. The standard InChI is InChI=1S/C11H10O2/c1-2-3-4-11(13)9-5-7-10(12)8-6-9/h5-8,12H,2H2,1H3. The number of carbonyl (C=O) groups is 1. The van der Waals surface area contributed by atoms with Crippen LogP contribution in [0.5, 0.6) is 5.75 Å². The van der Waals surface area contributed by atoms with Crippen molar-refractivity contribution >= 4 is 5.78 Å². The van der Waals surface area contributed by atoms with Crippen LogP contribution in [-0.4, -0.2) is 10.9 Å². The third-order valence-electron chi connectivity index (χ3n) is 1.51. The predicted octanol–water partition coefficient (Wildman–Crippen LogP) is 1.99. The second-order valence-corrected chi connectivity index (χ2v) is 2.53. The third-order valence-corrected chi connectivity index (χ3v) is 1.51. The van der Waals surface area contributed by atoms with Gasteiger partial charge in [-0.15, -0.1) is 0 Å². The molecule has 0 saturated carbocycles. The maximum atomic E-state index is 11.3. The summed E-state index contributed by atoms with van der Waals surface area (Å²) in [5.74, 6) is 5.14. The van der Waals surface area contributed by atoms with Crippen molar-refractivity contribution in [2.24, 2.45) is 0 Å². The van der Waals surface area contributed by atoms with Gasteiger partial charge in [0.2, 0.25) is 5.78 Å². The largest absolute Gasteiger partial charge is 0.508 e. The SMILES string of the molecule is CCC#CC(=O)c1ccc(O)cc1. The minimum Gasteiger partial charge on any atom is -0.508 e. The van der Waals surface area contributed by atoms with Crippen LogP contribution in [0, 0.1) is 11.8 Å². The van der Waals surface area contributed by atoms with Crippen LogP contribution < -0.4 is 0 Å². The Hall–Kier alpha value is -1.75. The van der Waals surface area contributed by atoms with E-state index in [9.17, 15) is 4.79 Å². The average molecular weight is 174 g/mol. The first-order valence-corrected chi connectivity index (χ1v) is 4.06. The number of ketones is 1. The second-order valence-electron chi connectivity index (χ2n) is 2.53. The van der Waals surface area contributed by atoms with Gasteiger partial charge in [-0.1, -0.05) is 12.8 Å². The molecule has 1 rings (SSSR count). The second kappa shape index (κ2) is 4.32.